The quantitative estimate of drug-likeness (QED) is 0.586. The van der Waals surface area contributed by atoms with E-state index >= 15 is 0 Å². The predicted octanol–water partition coefficient (Wildman–Crippen LogP) is 3.13. The lowest BCUT2D eigenvalue weighted by atomic mass is 10.1. The number of benzene rings is 2. The topological polar surface area (TPSA) is 77.0 Å². The van der Waals surface area contributed by atoms with Gasteiger partial charge in [0.25, 0.3) is 5.56 Å². The number of aromatic nitrogens is 3. The lowest BCUT2D eigenvalue weighted by Crippen LogP contribution is -2.33. The normalized spacial score (nSPS) is 11.8. The molecule has 0 unspecified atom stereocenters. The van der Waals surface area contributed by atoms with Crippen LogP contribution >= 0.6 is 0 Å². The Kier molecular flexibility index (Phi) is 3.72. The highest BCUT2D eigenvalue weighted by Crippen LogP contribution is 2.25. The zero-order valence-corrected chi connectivity index (χ0v) is 13.4. The van der Waals surface area contributed by atoms with E-state index in [1.54, 1.807) is 30.5 Å². The highest BCUT2D eigenvalue weighted by Gasteiger charge is 2.31. The molecule has 4 rings (SSSR count). The van der Waals surface area contributed by atoms with Crippen molar-refractivity contribution in [1.82, 2.24) is 14.5 Å². The summed E-state index contributed by atoms with van der Waals surface area (Å²) >= 11 is 0. The molecule has 0 bridgehead atoms. The summed E-state index contributed by atoms with van der Waals surface area (Å²) < 4.78 is 42.1. The second kappa shape index (κ2) is 5.97. The lowest BCUT2D eigenvalue weighted by Gasteiger charge is -2.11. The average Bonchev–Trinajstić information content (AvgIpc) is 2.61. The van der Waals surface area contributed by atoms with Crippen LogP contribution in [0.2, 0.25) is 0 Å². The summed E-state index contributed by atoms with van der Waals surface area (Å²) in [7, 11) is 0. The highest BCUT2D eigenvalue weighted by atomic mass is 19.4. The van der Waals surface area contributed by atoms with Crippen molar-refractivity contribution >= 4 is 21.7 Å². The maximum Gasteiger partial charge on any atom is 0.573 e. The smallest absolute Gasteiger partial charge is 0.406 e. The van der Waals surface area contributed by atoms with Gasteiger partial charge in [0.2, 0.25) is 0 Å². The molecular formula is C18H10F3N3O3. The fourth-order valence-corrected chi connectivity index (χ4v) is 2.89. The molecule has 2 heterocycles. The molecule has 0 saturated carbocycles. The van der Waals surface area contributed by atoms with E-state index in [-0.39, 0.29) is 16.6 Å². The molecule has 9 heteroatoms. The molecule has 0 fully saturated rings. The van der Waals surface area contributed by atoms with Gasteiger partial charge in [0.05, 0.1) is 22.8 Å². The van der Waals surface area contributed by atoms with E-state index in [9.17, 15) is 22.8 Å². The van der Waals surface area contributed by atoms with Crippen LogP contribution in [0.4, 0.5) is 13.2 Å². The number of pyridine rings is 1. The van der Waals surface area contributed by atoms with Crippen LogP contribution in [0.3, 0.4) is 0 Å². The fraction of sp³-hybridized carbons (Fsp3) is 0.0556. The third-order valence-corrected chi connectivity index (χ3v) is 3.99. The fourth-order valence-electron chi connectivity index (χ4n) is 2.89. The summed E-state index contributed by atoms with van der Waals surface area (Å²) in [4.78, 5) is 31.9. The molecule has 27 heavy (non-hydrogen) atoms. The van der Waals surface area contributed by atoms with E-state index in [0.717, 1.165) is 16.7 Å². The van der Waals surface area contributed by atoms with Crippen LogP contribution < -0.4 is 16.0 Å². The van der Waals surface area contributed by atoms with Gasteiger partial charge in [0.1, 0.15) is 5.75 Å². The first-order chi connectivity index (χ1) is 12.8. The molecule has 0 radical (unpaired) electrons. The van der Waals surface area contributed by atoms with Gasteiger partial charge in [0, 0.05) is 17.0 Å². The monoisotopic (exact) mass is 373 g/mol. The van der Waals surface area contributed by atoms with Gasteiger partial charge < -0.3 is 9.72 Å². The predicted molar refractivity (Wildman–Crippen MR) is 92.1 cm³/mol. The second-order valence-electron chi connectivity index (χ2n) is 5.71. The van der Waals surface area contributed by atoms with E-state index in [0.29, 0.717) is 10.8 Å². The van der Waals surface area contributed by atoms with Crippen LogP contribution in [0.25, 0.3) is 27.4 Å². The van der Waals surface area contributed by atoms with Gasteiger partial charge in [-0.2, -0.15) is 0 Å². The minimum Gasteiger partial charge on any atom is -0.406 e. The number of alkyl halides is 3. The Balaban J connectivity index is 2.01. The summed E-state index contributed by atoms with van der Waals surface area (Å²) in [6.07, 6.45) is -1.97. The Morgan fingerprint density at radius 3 is 2.56 bits per heavy atom. The number of hydrogen-bond donors (Lipinski definition) is 1. The van der Waals surface area contributed by atoms with Gasteiger partial charge in [0.15, 0.2) is 0 Å². The molecule has 0 aliphatic carbocycles. The zero-order chi connectivity index (χ0) is 19.2. The number of H-pyrrole nitrogens is 1. The van der Waals surface area contributed by atoms with Crippen molar-refractivity contribution in [2.75, 3.05) is 0 Å². The van der Waals surface area contributed by atoms with Gasteiger partial charge in [-0.3, -0.25) is 9.78 Å². The highest BCUT2D eigenvalue weighted by molar-refractivity contribution is 5.89. The minimum absolute atomic E-state index is 0.101. The van der Waals surface area contributed by atoms with Crippen LogP contribution in [0.15, 0.2) is 64.4 Å². The van der Waals surface area contributed by atoms with Crippen molar-refractivity contribution in [2.24, 2.45) is 0 Å². The summed E-state index contributed by atoms with van der Waals surface area (Å²) in [5, 5.41) is 1.18. The molecule has 4 aromatic rings. The summed E-state index contributed by atoms with van der Waals surface area (Å²) in [5.74, 6) is -0.554. The number of halogens is 3. The number of hydrogen-bond acceptors (Lipinski definition) is 4. The molecule has 6 nitrogen and oxygen atoms in total. The van der Waals surface area contributed by atoms with Gasteiger partial charge in [-0.25, -0.2) is 9.36 Å². The Hall–Kier alpha value is -3.62. The molecule has 0 atom stereocenters. The van der Waals surface area contributed by atoms with E-state index in [2.05, 4.69) is 14.7 Å². The summed E-state index contributed by atoms with van der Waals surface area (Å²) in [6.45, 7) is 0. The van der Waals surface area contributed by atoms with Gasteiger partial charge in [-0.15, -0.1) is 13.2 Å². The lowest BCUT2D eigenvalue weighted by molar-refractivity contribution is -0.274. The second-order valence-corrected chi connectivity index (χ2v) is 5.71. The average molecular weight is 373 g/mol. The first kappa shape index (κ1) is 16.8. The molecule has 1 N–H and O–H groups in total. The molecule has 0 saturated heterocycles. The first-order valence-corrected chi connectivity index (χ1v) is 7.71. The van der Waals surface area contributed by atoms with Crippen LogP contribution in [0, 0.1) is 0 Å². The van der Waals surface area contributed by atoms with Crippen LogP contribution in [-0.4, -0.2) is 20.9 Å². The van der Waals surface area contributed by atoms with Crippen molar-refractivity contribution in [3.8, 4) is 11.4 Å². The van der Waals surface area contributed by atoms with Crippen molar-refractivity contribution in [2.45, 2.75) is 6.36 Å². The SMILES string of the molecule is O=c1[nH]c2ccc(OC(F)(F)F)cc2c(=O)n1-c1cncc2ccccc12. The summed E-state index contributed by atoms with van der Waals surface area (Å²) in [6, 6.07) is 10.1. The Bertz CT molecular complexity index is 1290. The maximum atomic E-state index is 12.9. The van der Waals surface area contributed by atoms with E-state index in [1.807, 2.05) is 0 Å². The Morgan fingerprint density at radius 2 is 1.78 bits per heavy atom. The van der Waals surface area contributed by atoms with Crippen molar-refractivity contribution in [3.63, 3.8) is 0 Å². The molecule has 136 valence electrons. The molecule has 2 aromatic carbocycles. The number of fused-ring (bicyclic) bond motifs is 2. The molecule has 0 amide bonds. The van der Waals surface area contributed by atoms with Crippen molar-refractivity contribution < 1.29 is 17.9 Å². The number of rotatable bonds is 2. The Morgan fingerprint density at radius 1 is 1.00 bits per heavy atom. The van der Waals surface area contributed by atoms with Crippen LogP contribution in [0.1, 0.15) is 0 Å². The van der Waals surface area contributed by atoms with Crippen molar-refractivity contribution in [3.05, 3.63) is 75.7 Å². The standard InChI is InChI=1S/C18H10F3N3O3/c19-18(20,21)27-11-5-6-14-13(7-11)16(25)24(17(26)23-14)15-9-22-8-10-3-1-2-4-12(10)15/h1-9H,(H,23,26). The van der Waals surface area contributed by atoms with Gasteiger partial charge in [-0.1, -0.05) is 24.3 Å². The summed E-state index contributed by atoms with van der Waals surface area (Å²) in [5.41, 5.74) is -1.18. The largest absolute Gasteiger partial charge is 0.573 e. The van der Waals surface area contributed by atoms with Crippen molar-refractivity contribution in [1.29, 1.82) is 0 Å². The van der Waals surface area contributed by atoms with Crippen LogP contribution in [-0.2, 0) is 0 Å². The van der Waals surface area contributed by atoms with Gasteiger partial charge in [-0.05, 0) is 18.2 Å². The molecule has 0 spiro atoms. The molecule has 2 aromatic heterocycles. The Labute approximate surface area is 148 Å². The third kappa shape index (κ3) is 3.03. The number of nitrogens with one attached hydrogen (secondary N) is 1. The first-order valence-electron chi connectivity index (χ1n) is 7.71. The number of ether oxygens (including phenoxy) is 1. The van der Waals surface area contributed by atoms with E-state index in [1.165, 1.54) is 12.3 Å². The molecule has 0 aliphatic rings. The maximum absolute atomic E-state index is 12.9. The number of nitrogens with zero attached hydrogens (tertiary/aromatic N) is 2. The van der Waals surface area contributed by atoms with E-state index in [4.69, 9.17) is 0 Å². The minimum atomic E-state index is -4.89. The zero-order valence-electron chi connectivity index (χ0n) is 13.4. The molecule has 0 aliphatic heterocycles. The number of aromatic amines is 1. The van der Waals surface area contributed by atoms with E-state index < -0.39 is 23.4 Å². The third-order valence-electron chi connectivity index (χ3n) is 3.99. The molecular weight excluding hydrogens is 363 g/mol. The van der Waals surface area contributed by atoms with Gasteiger partial charge >= 0.3 is 12.1 Å². The van der Waals surface area contributed by atoms with Crippen LogP contribution in [0.5, 0.6) is 5.75 Å².